The SMILES string of the molecule is [Na+].[Na+].[Ni+2].[O]=[Mn](=[O])([O-])[O-].[O]=[Mn](=[O])([O-])[O-]. The average Bonchev–Trinajstić information content (AvgIpc) is 1.12. The molecule has 0 saturated carbocycles. The third-order valence-electron chi connectivity index (χ3n) is 0. The first kappa shape index (κ1) is 29.6. The minimum absolute atomic E-state index is 0. The number of rotatable bonds is 0. The van der Waals surface area contributed by atoms with Crippen molar-refractivity contribution in [1.82, 2.24) is 0 Å². The van der Waals surface area contributed by atoms with Crippen molar-refractivity contribution >= 4 is 0 Å². The number of hydrogen-bond donors (Lipinski definition) is 0. The summed E-state index contributed by atoms with van der Waals surface area (Å²) >= 11 is -11.2. The van der Waals surface area contributed by atoms with Crippen molar-refractivity contribution in [3.05, 3.63) is 0 Å². The fourth-order valence-corrected chi connectivity index (χ4v) is 0. The molecule has 13 heteroatoms. The molecule has 0 aromatic rings. The average molecular weight is 343 g/mol. The van der Waals surface area contributed by atoms with Crippen molar-refractivity contribution in [3.63, 3.8) is 0 Å². The van der Waals surface area contributed by atoms with Crippen LogP contribution in [0.25, 0.3) is 0 Å². The van der Waals surface area contributed by atoms with Crippen molar-refractivity contribution in [1.29, 1.82) is 0 Å². The molecular formula is Mn2Na2NiO8. The molecule has 0 aliphatic heterocycles. The first-order valence-corrected chi connectivity index (χ1v) is 5.09. The molecule has 0 N–H and O–H groups in total. The van der Waals surface area contributed by atoms with Crippen molar-refractivity contribution in [2.24, 2.45) is 0 Å². The van der Waals surface area contributed by atoms with Crippen LogP contribution in [0.1, 0.15) is 0 Å². The Balaban J connectivity index is -0.0000000267. The van der Waals surface area contributed by atoms with E-state index in [1.165, 1.54) is 0 Å². The molecule has 0 amide bonds. The molecule has 0 saturated heterocycles. The maximum atomic E-state index is 8.58. The van der Waals surface area contributed by atoms with Gasteiger partial charge in [-0.3, -0.25) is 0 Å². The van der Waals surface area contributed by atoms with E-state index < -0.39 is 26.7 Å². The third kappa shape index (κ3) is 348. The van der Waals surface area contributed by atoms with E-state index in [1.807, 2.05) is 0 Å². The van der Waals surface area contributed by atoms with Crippen LogP contribution in [0.2, 0.25) is 0 Å². The molecule has 0 unspecified atom stereocenters. The fourth-order valence-electron chi connectivity index (χ4n) is 0. The van der Waals surface area contributed by atoms with Crippen molar-refractivity contribution in [2.45, 2.75) is 0 Å². The molecule has 0 aromatic heterocycles. The Morgan fingerprint density at radius 3 is 0.615 bits per heavy atom. The molecular weight excluding hydrogens is 343 g/mol. The monoisotopic (exact) mass is 342 g/mol. The Bertz CT molecular complexity index is 217. The predicted molar refractivity (Wildman–Crippen MR) is 2.75 cm³/mol. The maximum absolute atomic E-state index is 8.58. The molecule has 0 rings (SSSR count). The summed E-state index contributed by atoms with van der Waals surface area (Å²) in [6.07, 6.45) is 0. The van der Waals surface area contributed by atoms with E-state index >= 15 is 0 Å². The second-order valence-corrected chi connectivity index (χ2v) is 3.12. The quantitative estimate of drug-likeness (QED) is 0.392. The molecule has 8 nitrogen and oxygen atoms in total. The zero-order valence-electron chi connectivity index (χ0n) is 6.34. The van der Waals surface area contributed by atoms with E-state index in [4.69, 9.17) is 32.1 Å². The fraction of sp³-hybridized carbons (Fsp3) is 0. The summed E-state index contributed by atoms with van der Waals surface area (Å²) in [5.74, 6) is 0. The predicted octanol–water partition coefficient (Wildman–Crippen LogP) is -11.2. The van der Waals surface area contributed by atoms with E-state index in [0.717, 1.165) is 0 Å². The molecule has 0 bridgehead atoms. The Hall–Kier alpha value is 2.57. The normalized spacial score (nSPS) is 8.92. The summed E-state index contributed by atoms with van der Waals surface area (Å²) in [5, 5.41) is 0. The van der Waals surface area contributed by atoms with E-state index in [9.17, 15) is 0 Å². The Morgan fingerprint density at radius 2 is 0.615 bits per heavy atom. The molecule has 0 heterocycles. The van der Waals surface area contributed by atoms with Crippen LogP contribution in [0.5, 0.6) is 0 Å². The van der Waals surface area contributed by atoms with Gasteiger partial charge in [0.15, 0.2) is 0 Å². The third-order valence-corrected chi connectivity index (χ3v) is 0. The molecule has 0 aromatic carbocycles. The van der Waals surface area contributed by atoms with Crippen molar-refractivity contribution in [2.75, 3.05) is 0 Å². The van der Waals surface area contributed by atoms with Crippen LogP contribution in [-0.4, -0.2) is 0 Å². The van der Waals surface area contributed by atoms with Gasteiger partial charge in [0.25, 0.3) is 0 Å². The molecule has 0 spiro atoms. The van der Waals surface area contributed by atoms with E-state index in [0.29, 0.717) is 0 Å². The molecule has 0 aliphatic rings. The topological polar surface area (TPSA) is 161 Å². The van der Waals surface area contributed by atoms with Gasteiger partial charge in [-0.15, -0.1) is 0 Å². The van der Waals surface area contributed by atoms with Gasteiger partial charge in [0.1, 0.15) is 0 Å². The van der Waals surface area contributed by atoms with Crippen LogP contribution in [0.3, 0.4) is 0 Å². The molecule has 13 heavy (non-hydrogen) atoms. The second-order valence-electron chi connectivity index (χ2n) is 0.756. The van der Waals surface area contributed by atoms with Gasteiger partial charge in [0.2, 0.25) is 0 Å². The van der Waals surface area contributed by atoms with Gasteiger partial charge in [-0.05, 0) is 0 Å². The Labute approximate surface area is 132 Å². The van der Waals surface area contributed by atoms with Gasteiger partial charge in [0.05, 0.1) is 0 Å². The van der Waals surface area contributed by atoms with Gasteiger partial charge in [-0.1, -0.05) is 0 Å². The zero-order chi connectivity index (χ0) is 9.00. The number of hydrogen-bond acceptors (Lipinski definition) is 8. The molecule has 0 atom stereocenters. The standard InChI is InChI=1S/2Mn.2Na.Ni.8O/q;;2*+1;+2;;;;;4*-1. The summed E-state index contributed by atoms with van der Waals surface area (Å²) < 4.78 is 68.6. The van der Waals surface area contributed by atoms with Crippen LogP contribution in [0.15, 0.2) is 0 Å². The Morgan fingerprint density at radius 1 is 0.615 bits per heavy atom. The minimum atomic E-state index is -5.62. The van der Waals surface area contributed by atoms with Crippen molar-refractivity contribution in [3.8, 4) is 0 Å². The summed E-state index contributed by atoms with van der Waals surface area (Å²) in [5.41, 5.74) is 0. The summed E-state index contributed by atoms with van der Waals surface area (Å²) in [6.45, 7) is 0. The summed E-state index contributed by atoms with van der Waals surface area (Å²) in [6, 6.07) is 0. The van der Waals surface area contributed by atoms with Gasteiger partial charge in [-0.2, -0.15) is 0 Å². The van der Waals surface area contributed by atoms with Gasteiger partial charge in [0, 0.05) is 0 Å². The first-order valence-electron chi connectivity index (χ1n) is 1.23. The van der Waals surface area contributed by atoms with Crippen molar-refractivity contribution < 1.29 is 134 Å². The van der Waals surface area contributed by atoms with Gasteiger partial charge < -0.3 is 0 Å². The van der Waals surface area contributed by atoms with Crippen LogP contribution in [0.4, 0.5) is 0 Å². The van der Waals surface area contributed by atoms with E-state index in [1.54, 1.807) is 0 Å². The second kappa shape index (κ2) is 12.6. The molecule has 74 valence electrons. The van der Waals surface area contributed by atoms with E-state index in [-0.39, 0.29) is 75.6 Å². The van der Waals surface area contributed by atoms with Crippen LogP contribution >= 0.6 is 0 Å². The molecule has 0 radical (unpaired) electrons. The zero-order valence-corrected chi connectivity index (χ0v) is 13.7. The van der Waals surface area contributed by atoms with Crippen LogP contribution in [-0.2, 0) is 58.6 Å². The van der Waals surface area contributed by atoms with Crippen LogP contribution < -0.4 is 75.9 Å². The first-order chi connectivity index (χ1) is 4.00. The molecule has 0 aliphatic carbocycles. The van der Waals surface area contributed by atoms with E-state index in [2.05, 4.69) is 0 Å². The summed E-state index contributed by atoms with van der Waals surface area (Å²) in [4.78, 5) is 0. The van der Waals surface area contributed by atoms with Crippen LogP contribution in [0, 0.1) is 0 Å². The summed E-state index contributed by atoms with van der Waals surface area (Å²) in [7, 11) is 0. The molecule has 0 fully saturated rings. The Kier molecular flexibility index (Phi) is 28.8. The van der Waals surface area contributed by atoms with Gasteiger partial charge in [-0.25, -0.2) is 0 Å². The van der Waals surface area contributed by atoms with Gasteiger partial charge >= 0.3 is 134 Å².